The van der Waals surface area contributed by atoms with Gasteiger partial charge in [-0.15, -0.1) is 16.4 Å². The fourth-order valence-electron chi connectivity index (χ4n) is 2.86. The van der Waals surface area contributed by atoms with Crippen LogP contribution in [0.4, 0.5) is 0 Å². The van der Waals surface area contributed by atoms with E-state index in [1.165, 1.54) is 16.6 Å². The van der Waals surface area contributed by atoms with Crippen molar-refractivity contribution in [1.82, 2.24) is 30.0 Å². The molecule has 1 aliphatic carbocycles. The first-order valence-electron chi connectivity index (χ1n) is 8.34. The van der Waals surface area contributed by atoms with Gasteiger partial charge in [0.1, 0.15) is 0 Å². The van der Waals surface area contributed by atoms with Crippen molar-refractivity contribution >= 4 is 40.6 Å². The molecule has 0 spiro atoms. The highest BCUT2D eigenvalue weighted by Gasteiger charge is 2.28. The second kappa shape index (κ2) is 7.61. The van der Waals surface area contributed by atoms with Gasteiger partial charge >= 0.3 is 0 Å². The number of amides is 1. The number of thioether (sulfide) groups is 1. The van der Waals surface area contributed by atoms with E-state index in [-0.39, 0.29) is 5.91 Å². The first-order chi connectivity index (χ1) is 12.2. The quantitative estimate of drug-likeness (QED) is 0.694. The Morgan fingerprint density at radius 2 is 2.08 bits per heavy atom. The Kier molecular flexibility index (Phi) is 5.25. The van der Waals surface area contributed by atoms with Gasteiger partial charge in [-0.1, -0.05) is 23.4 Å². The van der Waals surface area contributed by atoms with E-state index < -0.39 is 0 Å². The van der Waals surface area contributed by atoms with Gasteiger partial charge in [0, 0.05) is 37.6 Å². The Morgan fingerprint density at radius 3 is 2.76 bits per heavy atom. The van der Waals surface area contributed by atoms with E-state index in [0.717, 1.165) is 55.1 Å². The lowest BCUT2D eigenvalue weighted by Gasteiger charge is -2.34. The molecule has 1 saturated heterocycles. The summed E-state index contributed by atoms with van der Waals surface area (Å²) in [5.74, 6) is 0.558. The number of thiophene rings is 1. The molecule has 0 unspecified atom stereocenters. The van der Waals surface area contributed by atoms with Crippen molar-refractivity contribution in [2.75, 3.05) is 31.9 Å². The lowest BCUT2D eigenvalue weighted by Crippen LogP contribution is -2.48. The molecular weight excluding hydrogens is 380 g/mol. The van der Waals surface area contributed by atoms with Gasteiger partial charge in [0.05, 0.1) is 16.1 Å². The maximum Gasteiger partial charge on any atom is 0.233 e. The largest absolute Gasteiger partial charge is 0.339 e. The Labute approximate surface area is 159 Å². The smallest absolute Gasteiger partial charge is 0.233 e. The van der Waals surface area contributed by atoms with Crippen molar-refractivity contribution in [2.45, 2.75) is 30.6 Å². The summed E-state index contributed by atoms with van der Waals surface area (Å²) in [4.78, 5) is 18.0. The number of carbonyl (C=O) groups is 1. The van der Waals surface area contributed by atoms with E-state index in [1.54, 1.807) is 11.3 Å². The number of hydrogen-bond donors (Lipinski definition) is 0. The Balaban J connectivity index is 1.23. The molecule has 4 rings (SSSR count). The number of tetrazole rings is 1. The van der Waals surface area contributed by atoms with Crippen LogP contribution in [-0.4, -0.2) is 67.8 Å². The van der Waals surface area contributed by atoms with Crippen LogP contribution in [0, 0.1) is 0 Å². The molecule has 10 heteroatoms. The van der Waals surface area contributed by atoms with E-state index in [1.807, 2.05) is 15.6 Å². The molecule has 0 aromatic carbocycles. The molecule has 25 heavy (non-hydrogen) atoms. The SMILES string of the molecule is O=C(CSc1nnnn1C1CC1)N1CCN(Cc2ccc(Cl)s2)CC1. The predicted molar refractivity (Wildman–Crippen MR) is 98.0 cm³/mol. The Bertz CT molecular complexity index is 738. The summed E-state index contributed by atoms with van der Waals surface area (Å²) in [7, 11) is 0. The summed E-state index contributed by atoms with van der Waals surface area (Å²) >= 11 is 9.04. The number of rotatable bonds is 6. The van der Waals surface area contributed by atoms with Gasteiger partial charge in [0.25, 0.3) is 0 Å². The number of nitrogens with zero attached hydrogens (tertiary/aromatic N) is 6. The van der Waals surface area contributed by atoms with E-state index in [2.05, 4.69) is 26.5 Å². The van der Waals surface area contributed by atoms with Gasteiger partial charge in [-0.3, -0.25) is 9.69 Å². The third-order valence-corrected chi connectivity index (χ3v) is 6.55. The molecule has 1 aliphatic heterocycles. The molecule has 0 radical (unpaired) electrons. The first kappa shape index (κ1) is 17.3. The van der Waals surface area contributed by atoms with E-state index in [0.29, 0.717) is 11.8 Å². The number of aromatic nitrogens is 4. The molecule has 2 fully saturated rings. The fourth-order valence-corrected chi connectivity index (χ4v) is 4.84. The Hall–Kier alpha value is -1.16. The highest BCUT2D eigenvalue weighted by atomic mass is 35.5. The third kappa shape index (κ3) is 4.33. The summed E-state index contributed by atoms with van der Waals surface area (Å²) in [6.45, 7) is 4.24. The van der Waals surface area contributed by atoms with Crippen LogP contribution < -0.4 is 0 Å². The minimum Gasteiger partial charge on any atom is -0.339 e. The fraction of sp³-hybridized carbons (Fsp3) is 0.600. The zero-order valence-electron chi connectivity index (χ0n) is 13.7. The van der Waals surface area contributed by atoms with Crippen LogP contribution in [0.5, 0.6) is 0 Å². The normalized spacial score (nSPS) is 18.7. The molecule has 2 aliphatic rings. The summed E-state index contributed by atoms with van der Waals surface area (Å²) in [6, 6.07) is 4.45. The van der Waals surface area contributed by atoms with Crippen LogP contribution in [-0.2, 0) is 11.3 Å². The number of carbonyl (C=O) groups excluding carboxylic acids is 1. The third-order valence-electron chi connectivity index (χ3n) is 4.41. The molecule has 2 aromatic rings. The molecule has 1 amide bonds. The zero-order valence-corrected chi connectivity index (χ0v) is 16.1. The number of piperazine rings is 1. The lowest BCUT2D eigenvalue weighted by atomic mass is 10.3. The topological polar surface area (TPSA) is 67.2 Å². The van der Waals surface area contributed by atoms with Gasteiger partial charge in [0.15, 0.2) is 0 Å². The van der Waals surface area contributed by atoms with Crippen molar-refractivity contribution in [2.24, 2.45) is 0 Å². The molecule has 0 N–H and O–H groups in total. The van der Waals surface area contributed by atoms with Gasteiger partial charge in [-0.05, 0) is 35.4 Å². The van der Waals surface area contributed by atoms with E-state index in [9.17, 15) is 4.79 Å². The highest BCUT2D eigenvalue weighted by Crippen LogP contribution is 2.36. The van der Waals surface area contributed by atoms with Crippen molar-refractivity contribution in [3.63, 3.8) is 0 Å². The van der Waals surface area contributed by atoms with Crippen LogP contribution >= 0.6 is 34.7 Å². The second-order valence-corrected chi connectivity index (χ2v) is 9.03. The number of halogens is 1. The average Bonchev–Trinajstić information content (AvgIpc) is 3.22. The highest BCUT2D eigenvalue weighted by molar-refractivity contribution is 7.99. The summed E-state index contributed by atoms with van der Waals surface area (Å²) in [6.07, 6.45) is 2.26. The number of hydrogen-bond acceptors (Lipinski definition) is 7. The summed E-state index contributed by atoms with van der Waals surface area (Å²) < 4.78 is 2.68. The minimum atomic E-state index is 0.161. The van der Waals surface area contributed by atoms with Gasteiger partial charge in [-0.25, -0.2) is 4.68 Å². The van der Waals surface area contributed by atoms with Crippen LogP contribution in [0.15, 0.2) is 17.3 Å². The molecule has 1 saturated carbocycles. The molecule has 0 bridgehead atoms. The van der Waals surface area contributed by atoms with Gasteiger partial charge in [-0.2, -0.15) is 0 Å². The van der Waals surface area contributed by atoms with Crippen molar-refractivity contribution in [1.29, 1.82) is 0 Å². The molecule has 3 heterocycles. The minimum absolute atomic E-state index is 0.161. The second-order valence-electron chi connectivity index (χ2n) is 6.29. The van der Waals surface area contributed by atoms with Crippen LogP contribution in [0.25, 0.3) is 0 Å². The summed E-state index contributed by atoms with van der Waals surface area (Å²) in [5, 5.41) is 12.5. The maximum absolute atomic E-state index is 12.5. The zero-order chi connectivity index (χ0) is 17.2. The van der Waals surface area contributed by atoms with Crippen LogP contribution in [0.2, 0.25) is 4.34 Å². The molecule has 0 atom stereocenters. The maximum atomic E-state index is 12.5. The molecule has 7 nitrogen and oxygen atoms in total. The van der Waals surface area contributed by atoms with Crippen LogP contribution in [0.3, 0.4) is 0 Å². The van der Waals surface area contributed by atoms with Crippen molar-refractivity contribution < 1.29 is 4.79 Å². The van der Waals surface area contributed by atoms with Crippen molar-refractivity contribution in [3.8, 4) is 0 Å². The van der Waals surface area contributed by atoms with E-state index in [4.69, 9.17) is 11.6 Å². The van der Waals surface area contributed by atoms with Crippen LogP contribution in [0.1, 0.15) is 23.8 Å². The summed E-state index contributed by atoms with van der Waals surface area (Å²) in [5.41, 5.74) is 0. The molecular formula is C15H19ClN6OS2. The lowest BCUT2D eigenvalue weighted by molar-refractivity contribution is -0.130. The Morgan fingerprint density at radius 1 is 1.28 bits per heavy atom. The van der Waals surface area contributed by atoms with Gasteiger partial charge < -0.3 is 4.90 Å². The monoisotopic (exact) mass is 398 g/mol. The first-order valence-corrected chi connectivity index (χ1v) is 10.5. The van der Waals surface area contributed by atoms with Crippen molar-refractivity contribution in [3.05, 3.63) is 21.3 Å². The van der Waals surface area contributed by atoms with E-state index >= 15 is 0 Å². The predicted octanol–water partition coefficient (Wildman–Crippen LogP) is 2.16. The van der Waals surface area contributed by atoms with Gasteiger partial charge in [0.2, 0.25) is 11.1 Å². The molecule has 134 valence electrons. The average molecular weight is 399 g/mol. The molecule has 2 aromatic heterocycles. The standard InChI is InChI=1S/C15H19ClN6OS2/c16-13-4-3-12(25-13)9-20-5-7-21(8-6-20)14(23)10-24-15-17-18-19-22(15)11-1-2-11/h3-4,11H,1-2,5-10H2.